The molecule has 0 aliphatic heterocycles. The first-order chi connectivity index (χ1) is 15.0. The number of amides is 2. The molecule has 0 aromatic heterocycles. The number of hydrogen-bond acceptors (Lipinski definition) is 4. The molecule has 0 aliphatic carbocycles. The molecule has 3 aromatic rings. The Labute approximate surface area is 182 Å². The van der Waals surface area contributed by atoms with E-state index in [1.54, 1.807) is 12.1 Å². The van der Waals surface area contributed by atoms with Crippen molar-refractivity contribution in [3.8, 4) is 5.75 Å². The van der Waals surface area contributed by atoms with Crippen LogP contribution in [0.25, 0.3) is 0 Å². The molecule has 0 radical (unpaired) electrons. The van der Waals surface area contributed by atoms with Crippen molar-refractivity contribution < 1.29 is 14.3 Å². The average molecular weight is 415 g/mol. The van der Waals surface area contributed by atoms with E-state index in [0.29, 0.717) is 12.2 Å². The van der Waals surface area contributed by atoms with Crippen LogP contribution < -0.4 is 15.5 Å². The number of carbonyl (C=O) groups is 2. The van der Waals surface area contributed by atoms with Crippen LogP contribution in [0.15, 0.2) is 77.9 Å². The third kappa shape index (κ3) is 6.82. The molecular formula is C25H25N3O3. The van der Waals surface area contributed by atoms with Gasteiger partial charge in [0.05, 0.1) is 12.8 Å². The molecule has 0 aliphatic rings. The van der Waals surface area contributed by atoms with Gasteiger partial charge in [0.2, 0.25) is 0 Å². The minimum atomic E-state index is -0.406. The van der Waals surface area contributed by atoms with E-state index in [2.05, 4.69) is 34.9 Å². The Kier molecular flexibility index (Phi) is 7.54. The third-order valence-electron chi connectivity index (χ3n) is 4.61. The first-order valence-corrected chi connectivity index (χ1v) is 9.95. The summed E-state index contributed by atoms with van der Waals surface area (Å²) in [6.45, 7) is 4.24. The summed E-state index contributed by atoms with van der Waals surface area (Å²) in [5.74, 6) is 0.0513. The van der Waals surface area contributed by atoms with E-state index in [1.807, 2.05) is 55.5 Å². The van der Waals surface area contributed by atoms with Crippen LogP contribution in [-0.2, 0) is 11.4 Å². The highest BCUT2D eigenvalue weighted by molar-refractivity contribution is 5.97. The fraction of sp³-hybridized carbons (Fsp3) is 0.160. The molecular weight excluding hydrogens is 390 g/mol. The molecule has 0 saturated heterocycles. The van der Waals surface area contributed by atoms with Gasteiger partial charge in [-0.2, -0.15) is 5.10 Å². The number of hydrogen-bond donors (Lipinski definition) is 2. The van der Waals surface area contributed by atoms with Crippen molar-refractivity contribution >= 4 is 18.0 Å². The lowest BCUT2D eigenvalue weighted by molar-refractivity contribution is -0.120. The Morgan fingerprint density at radius 2 is 1.65 bits per heavy atom. The van der Waals surface area contributed by atoms with Gasteiger partial charge >= 0.3 is 0 Å². The minimum Gasteiger partial charge on any atom is -0.489 e. The van der Waals surface area contributed by atoms with Crippen LogP contribution in [0.4, 0.5) is 0 Å². The minimum absolute atomic E-state index is 0.156. The van der Waals surface area contributed by atoms with Crippen molar-refractivity contribution in [3.05, 3.63) is 101 Å². The summed E-state index contributed by atoms with van der Waals surface area (Å²) in [7, 11) is 0. The maximum Gasteiger partial charge on any atom is 0.259 e. The predicted octanol–water partition coefficient (Wildman–Crippen LogP) is 3.76. The molecule has 0 heterocycles. The van der Waals surface area contributed by atoms with Crippen LogP contribution in [0, 0.1) is 13.8 Å². The Hall–Kier alpha value is -3.93. The summed E-state index contributed by atoms with van der Waals surface area (Å²) in [5, 5.41) is 6.51. The molecule has 0 fully saturated rings. The van der Waals surface area contributed by atoms with Crippen LogP contribution in [0.2, 0.25) is 0 Å². The quantitative estimate of drug-likeness (QED) is 0.434. The van der Waals surface area contributed by atoms with Gasteiger partial charge in [-0.15, -0.1) is 0 Å². The van der Waals surface area contributed by atoms with E-state index >= 15 is 0 Å². The first kappa shape index (κ1) is 21.8. The zero-order valence-corrected chi connectivity index (χ0v) is 17.6. The zero-order valence-electron chi connectivity index (χ0n) is 17.6. The Morgan fingerprint density at radius 1 is 0.935 bits per heavy atom. The van der Waals surface area contributed by atoms with Gasteiger partial charge < -0.3 is 10.1 Å². The molecule has 0 atom stereocenters. The molecule has 0 unspecified atom stereocenters. The number of rotatable bonds is 8. The molecule has 31 heavy (non-hydrogen) atoms. The van der Waals surface area contributed by atoms with Crippen molar-refractivity contribution in [2.45, 2.75) is 20.5 Å². The number of benzene rings is 3. The summed E-state index contributed by atoms with van der Waals surface area (Å²) in [5.41, 5.74) is 6.93. The number of hydrazone groups is 1. The summed E-state index contributed by atoms with van der Waals surface area (Å²) in [6, 6.07) is 22.8. The lowest BCUT2D eigenvalue weighted by atomic mass is 10.1. The zero-order chi connectivity index (χ0) is 22.1. The highest BCUT2D eigenvalue weighted by atomic mass is 16.5. The van der Waals surface area contributed by atoms with Crippen LogP contribution in [-0.4, -0.2) is 24.6 Å². The predicted molar refractivity (Wildman–Crippen MR) is 121 cm³/mol. The van der Waals surface area contributed by atoms with Crippen LogP contribution >= 0.6 is 0 Å². The molecule has 0 spiro atoms. The van der Waals surface area contributed by atoms with E-state index in [0.717, 1.165) is 22.4 Å². The molecule has 3 rings (SSSR count). The van der Waals surface area contributed by atoms with Crippen molar-refractivity contribution in [3.63, 3.8) is 0 Å². The van der Waals surface area contributed by atoms with Crippen molar-refractivity contribution in [2.24, 2.45) is 5.10 Å². The number of nitrogens with zero attached hydrogens (tertiary/aromatic N) is 1. The van der Waals surface area contributed by atoms with Gasteiger partial charge in [-0.25, -0.2) is 5.43 Å². The largest absolute Gasteiger partial charge is 0.489 e. The highest BCUT2D eigenvalue weighted by Crippen LogP contribution is 2.14. The SMILES string of the molecule is Cc1ccc(COc2ccc(/C=N/NC(=O)CNC(=O)c3ccccc3C)cc2)cc1. The second-order valence-electron chi connectivity index (χ2n) is 7.13. The summed E-state index contributed by atoms with van der Waals surface area (Å²) < 4.78 is 5.77. The second kappa shape index (κ2) is 10.7. The topological polar surface area (TPSA) is 79.8 Å². The van der Waals surface area contributed by atoms with Gasteiger partial charge in [0.1, 0.15) is 12.4 Å². The third-order valence-corrected chi connectivity index (χ3v) is 4.61. The number of aryl methyl sites for hydroxylation is 2. The Balaban J connectivity index is 1.41. The monoisotopic (exact) mass is 415 g/mol. The summed E-state index contributed by atoms with van der Waals surface area (Å²) in [4.78, 5) is 24.0. The second-order valence-corrected chi connectivity index (χ2v) is 7.13. The lowest BCUT2D eigenvalue weighted by Gasteiger charge is -2.07. The molecule has 6 nitrogen and oxygen atoms in total. The molecule has 158 valence electrons. The molecule has 2 N–H and O–H groups in total. The van der Waals surface area contributed by atoms with E-state index in [1.165, 1.54) is 11.8 Å². The van der Waals surface area contributed by atoms with Gasteiger partial charge in [0.25, 0.3) is 11.8 Å². The van der Waals surface area contributed by atoms with Crippen LogP contribution in [0.5, 0.6) is 5.75 Å². The van der Waals surface area contributed by atoms with E-state index < -0.39 is 5.91 Å². The maximum atomic E-state index is 12.1. The smallest absolute Gasteiger partial charge is 0.259 e. The molecule has 2 amide bonds. The van der Waals surface area contributed by atoms with Gasteiger partial charge in [0.15, 0.2) is 0 Å². The fourth-order valence-corrected chi connectivity index (χ4v) is 2.80. The Bertz CT molecular complexity index is 1060. The molecule has 0 bridgehead atoms. The van der Waals surface area contributed by atoms with Gasteiger partial charge in [-0.1, -0.05) is 48.0 Å². The Morgan fingerprint density at radius 3 is 2.35 bits per heavy atom. The number of ether oxygens (including phenoxy) is 1. The van der Waals surface area contributed by atoms with E-state index in [4.69, 9.17) is 4.74 Å². The van der Waals surface area contributed by atoms with Gasteiger partial charge in [-0.3, -0.25) is 9.59 Å². The lowest BCUT2D eigenvalue weighted by Crippen LogP contribution is -2.35. The fourth-order valence-electron chi connectivity index (χ4n) is 2.80. The molecule has 3 aromatic carbocycles. The highest BCUT2D eigenvalue weighted by Gasteiger charge is 2.09. The van der Waals surface area contributed by atoms with Crippen LogP contribution in [0.1, 0.15) is 32.6 Å². The first-order valence-electron chi connectivity index (χ1n) is 9.95. The number of carbonyl (C=O) groups excluding carboxylic acids is 2. The maximum absolute atomic E-state index is 12.1. The van der Waals surface area contributed by atoms with E-state index in [-0.39, 0.29) is 12.5 Å². The van der Waals surface area contributed by atoms with Crippen molar-refractivity contribution in [1.29, 1.82) is 0 Å². The standard InChI is InChI=1S/C25H25N3O3/c1-18-7-9-21(10-8-18)17-31-22-13-11-20(12-14-22)15-27-28-24(29)16-26-25(30)23-6-4-3-5-19(23)2/h3-15H,16-17H2,1-2H3,(H,26,30)(H,28,29)/b27-15+. The normalized spacial score (nSPS) is 10.6. The molecule has 0 saturated carbocycles. The molecule has 6 heteroatoms. The van der Waals surface area contributed by atoms with Crippen molar-refractivity contribution in [1.82, 2.24) is 10.7 Å². The van der Waals surface area contributed by atoms with Crippen molar-refractivity contribution in [2.75, 3.05) is 6.54 Å². The summed E-state index contributed by atoms with van der Waals surface area (Å²) >= 11 is 0. The summed E-state index contributed by atoms with van der Waals surface area (Å²) in [6.07, 6.45) is 1.53. The van der Waals surface area contributed by atoms with Gasteiger partial charge in [-0.05, 0) is 60.9 Å². The average Bonchev–Trinajstić information content (AvgIpc) is 2.78. The number of nitrogens with one attached hydrogen (secondary N) is 2. The van der Waals surface area contributed by atoms with E-state index in [9.17, 15) is 9.59 Å². The van der Waals surface area contributed by atoms with Crippen LogP contribution in [0.3, 0.4) is 0 Å². The van der Waals surface area contributed by atoms with Gasteiger partial charge in [0, 0.05) is 5.56 Å².